The number of pyridine rings is 2. The monoisotopic (exact) mass is 552 g/mol. The van der Waals surface area contributed by atoms with Crippen molar-refractivity contribution in [3.63, 3.8) is 0 Å². The van der Waals surface area contributed by atoms with Gasteiger partial charge in [-0.05, 0) is 42.5 Å². The summed E-state index contributed by atoms with van der Waals surface area (Å²) in [5.74, 6) is -0.558. The highest BCUT2D eigenvalue weighted by Gasteiger charge is 2.31. The zero-order chi connectivity index (χ0) is 28.3. The number of nitrogens with zero attached hydrogens (tertiary/aromatic N) is 3. The number of alkyl halides is 3. The molecule has 14 heteroatoms. The number of amides is 2. The van der Waals surface area contributed by atoms with E-state index in [0.717, 1.165) is 24.4 Å². The smallest absolute Gasteiger partial charge is 0.416 e. The van der Waals surface area contributed by atoms with E-state index in [2.05, 4.69) is 30.6 Å². The van der Waals surface area contributed by atoms with Gasteiger partial charge in [0.05, 0.1) is 29.3 Å². The van der Waals surface area contributed by atoms with Crippen molar-refractivity contribution >= 4 is 28.6 Å². The van der Waals surface area contributed by atoms with E-state index in [4.69, 9.17) is 9.47 Å². The van der Waals surface area contributed by atoms with Gasteiger partial charge in [-0.2, -0.15) is 13.2 Å². The Morgan fingerprint density at radius 1 is 0.850 bits per heavy atom. The van der Waals surface area contributed by atoms with E-state index in [0.29, 0.717) is 6.07 Å². The van der Waals surface area contributed by atoms with Crippen molar-refractivity contribution in [1.29, 1.82) is 0 Å². The first-order chi connectivity index (χ1) is 19.2. The Morgan fingerprint density at radius 2 is 1.65 bits per heavy atom. The summed E-state index contributed by atoms with van der Waals surface area (Å²) in [5, 5.41) is 4.50. The highest BCUT2D eigenvalue weighted by Crippen LogP contribution is 2.37. The van der Waals surface area contributed by atoms with Crippen LogP contribution in [0, 0.1) is 5.82 Å². The Kier molecular flexibility index (Phi) is 6.97. The number of aromatic nitrogens is 4. The normalized spacial score (nSPS) is 11.2. The second-order valence-corrected chi connectivity index (χ2v) is 8.08. The first kappa shape index (κ1) is 26.1. The fraction of sp³-hybridized carbons (Fsp3) is 0.0385. The van der Waals surface area contributed by atoms with Crippen molar-refractivity contribution in [2.45, 2.75) is 6.18 Å². The van der Waals surface area contributed by atoms with Gasteiger partial charge in [-0.1, -0.05) is 0 Å². The van der Waals surface area contributed by atoms with Gasteiger partial charge in [0, 0.05) is 24.5 Å². The summed E-state index contributed by atoms with van der Waals surface area (Å²) in [6, 6.07) is 9.58. The fourth-order valence-electron chi connectivity index (χ4n) is 3.50. The Bertz CT molecular complexity index is 1760. The van der Waals surface area contributed by atoms with Crippen LogP contribution in [0.15, 0.2) is 84.2 Å². The standard InChI is InChI=1S/C26H16F4N6O4/c27-17-11-15(39-21-7-9-32-24-23(21)33-13-22(37)36-24)4-5-18(17)34-25(38)35-19-10-14(26(28,29)30)3-6-20(19)40-16-2-1-8-31-12-16/h1-13H,(H,32,36,37)(H2,34,35,38). The third-order valence-electron chi connectivity index (χ3n) is 5.27. The number of carbonyl (C=O) groups is 1. The molecule has 10 nitrogen and oxygen atoms in total. The van der Waals surface area contributed by atoms with Crippen LogP contribution in [0.4, 0.5) is 33.7 Å². The molecule has 5 aromatic rings. The lowest BCUT2D eigenvalue weighted by atomic mass is 10.1. The number of anilines is 2. The van der Waals surface area contributed by atoms with E-state index in [1.165, 1.54) is 42.9 Å². The van der Waals surface area contributed by atoms with E-state index in [1.54, 1.807) is 6.07 Å². The second kappa shape index (κ2) is 10.7. The summed E-state index contributed by atoms with van der Waals surface area (Å²) in [7, 11) is 0. The molecule has 0 spiro atoms. The van der Waals surface area contributed by atoms with Crippen LogP contribution in [0.2, 0.25) is 0 Å². The summed E-state index contributed by atoms with van der Waals surface area (Å²) in [4.78, 5) is 38.4. The van der Waals surface area contributed by atoms with Crippen LogP contribution >= 0.6 is 0 Å². The highest BCUT2D eigenvalue weighted by molar-refractivity contribution is 6.01. The summed E-state index contributed by atoms with van der Waals surface area (Å²) in [6.07, 6.45) is 0.541. The largest absolute Gasteiger partial charge is 0.455 e. The topological polar surface area (TPSA) is 131 Å². The van der Waals surface area contributed by atoms with E-state index in [1.807, 2.05) is 0 Å². The van der Waals surface area contributed by atoms with Gasteiger partial charge in [0.25, 0.3) is 5.56 Å². The number of hydrogen-bond acceptors (Lipinski definition) is 7. The molecule has 0 radical (unpaired) electrons. The van der Waals surface area contributed by atoms with Crippen LogP contribution in [0.3, 0.4) is 0 Å². The van der Waals surface area contributed by atoms with Crippen LogP contribution in [0.5, 0.6) is 23.0 Å². The Morgan fingerprint density at radius 3 is 2.40 bits per heavy atom. The Labute approximate surface area is 221 Å². The number of ether oxygens (including phenoxy) is 2. The molecule has 40 heavy (non-hydrogen) atoms. The number of urea groups is 1. The molecule has 5 rings (SSSR count). The maximum atomic E-state index is 14.8. The first-order valence-corrected chi connectivity index (χ1v) is 11.3. The number of aromatic amines is 1. The Hall–Kier alpha value is -5.53. The van der Waals surface area contributed by atoms with Gasteiger partial charge >= 0.3 is 12.2 Å². The molecule has 0 saturated heterocycles. The van der Waals surface area contributed by atoms with Crippen LogP contribution in [-0.4, -0.2) is 26.0 Å². The molecular weight excluding hydrogens is 536 g/mol. The van der Waals surface area contributed by atoms with Gasteiger partial charge in [0.2, 0.25) is 0 Å². The molecule has 202 valence electrons. The van der Waals surface area contributed by atoms with Gasteiger partial charge < -0.3 is 25.1 Å². The van der Waals surface area contributed by atoms with Crippen molar-refractivity contribution in [2.24, 2.45) is 0 Å². The minimum Gasteiger partial charge on any atom is -0.455 e. The number of nitrogens with one attached hydrogen (secondary N) is 3. The Balaban J connectivity index is 1.34. The molecule has 2 amide bonds. The van der Waals surface area contributed by atoms with Gasteiger partial charge in [0.1, 0.15) is 22.8 Å². The lowest BCUT2D eigenvalue weighted by molar-refractivity contribution is -0.137. The van der Waals surface area contributed by atoms with Crippen molar-refractivity contribution in [3.8, 4) is 23.0 Å². The van der Waals surface area contributed by atoms with Gasteiger partial charge in [0.15, 0.2) is 17.1 Å². The number of fused-ring (bicyclic) bond motifs is 1. The molecule has 0 aliphatic carbocycles. The zero-order valence-corrected chi connectivity index (χ0v) is 20.0. The predicted molar refractivity (Wildman–Crippen MR) is 135 cm³/mol. The SMILES string of the molecule is O=C(Nc1ccc(Oc2ccnc3[nH]c(=O)cnc23)cc1F)Nc1cc(C(F)(F)F)ccc1Oc1cccnc1. The zero-order valence-electron chi connectivity index (χ0n) is 20.0. The van der Waals surface area contributed by atoms with Gasteiger partial charge in [-0.3, -0.25) is 9.78 Å². The van der Waals surface area contributed by atoms with E-state index in [9.17, 15) is 27.2 Å². The van der Waals surface area contributed by atoms with Crippen LogP contribution < -0.4 is 25.7 Å². The van der Waals surface area contributed by atoms with E-state index in [-0.39, 0.29) is 45.5 Å². The van der Waals surface area contributed by atoms with Crippen molar-refractivity contribution in [2.75, 3.05) is 10.6 Å². The molecular formula is C26H16F4N6O4. The minimum absolute atomic E-state index is 0.0361. The lowest BCUT2D eigenvalue weighted by Gasteiger charge is -2.16. The van der Waals surface area contributed by atoms with Gasteiger partial charge in [-0.15, -0.1) is 0 Å². The summed E-state index contributed by atoms with van der Waals surface area (Å²) < 4.78 is 66.0. The van der Waals surface area contributed by atoms with E-state index < -0.39 is 29.1 Å². The average Bonchev–Trinajstić information content (AvgIpc) is 2.91. The first-order valence-electron chi connectivity index (χ1n) is 11.3. The molecule has 0 atom stereocenters. The second-order valence-electron chi connectivity index (χ2n) is 8.08. The van der Waals surface area contributed by atoms with Crippen molar-refractivity contribution < 1.29 is 31.8 Å². The molecule has 0 aliphatic rings. The molecule has 0 saturated carbocycles. The molecule has 0 fully saturated rings. The molecule has 0 unspecified atom stereocenters. The lowest BCUT2D eigenvalue weighted by Crippen LogP contribution is -2.21. The third-order valence-corrected chi connectivity index (χ3v) is 5.27. The fourth-order valence-corrected chi connectivity index (χ4v) is 3.50. The van der Waals surface area contributed by atoms with Crippen LogP contribution in [-0.2, 0) is 6.18 Å². The predicted octanol–water partition coefficient (Wildman–Crippen LogP) is 6.10. The van der Waals surface area contributed by atoms with Crippen molar-refractivity contribution in [1.82, 2.24) is 19.9 Å². The summed E-state index contributed by atoms with van der Waals surface area (Å²) in [6.45, 7) is 0. The molecule has 3 aromatic heterocycles. The molecule has 0 bridgehead atoms. The summed E-state index contributed by atoms with van der Waals surface area (Å²) >= 11 is 0. The summed E-state index contributed by atoms with van der Waals surface area (Å²) in [5.41, 5.74) is -1.69. The quantitative estimate of drug-likeness (QED) is 0.217. The number of benzene rings is 2. The maximum absolute atomic E-state index is 14.8. The number of halogens is 4. The molecule has 0 aliphatic heterocycles. The highest BCUT2D eigenvalue weighted by atomic mass is 19.4. The third kappa shape index (κ3) is 5.96. The maximum Gasteiger partial charge on any atom is 0.416 e. The van der Waals surface area contributed by atoms with Crippen LogP contribution in [0.1, 0.15) is 5.56 Å². The number of hydrogen-bond donors (Lipinski definition) is 3. The van der Waals surface area contributed by atoms with Gasteiger partial charge in [-0.25, -0.2) is 19.2 Å². The molecule has 3 heterocycles. The molecule has 3 N–H and O–H groups in total. The number of H-pyrrole nitrogens is 1. The van der Waals surface area contributed by atoms with E-state index >= 15 is 0 Å². The number of carbonyl (C=O) groups excluding carboxylic acids is 1. The average molecular weight is 552 g/mol. The van der Waals surface area contributed by atoms with Crippen molar-refractivity contribution in [3.05, 3.63) is 101 Å². The number of rotatable bonds is 6. The molecule has 2 aromatic carbocycles. The van der Waals surface area contributed by atoms with Crippen LogP contribution in [0.25, 0.3) is 11.2 Å². The minimum atomic E-state index is -4.69.